The molecular formula is C20H21ClN4O. The highest BCUT2D eigenvalue weighted by Gasteiger charge is 2.17. The molecule has 0 fully saturated rings. The molecule has 0 aliphatic heterocycles. The van der Waals surface area contributed by atoms with Gasteiger partial charge in [-0.1, -0.05) is 35.9 Å². The van der Waals surface area contributed by atoms with Crippen LogP contribution in [-0.4, -0.2) is 32.6 Å². The second-order valence-electron chi connectivity index (χ2n) is 6.24. The van der Waals surface area contributed by atoms with Crippen molar-refractivity contribution in [2.45, 2.75) is 25.8 Å². The summed E-state index contributed by atoms with van der Waals surface area (Å²) in [5, 5.41) is 4.81. The Hall–Kier alpha value is -2.66. The predicted molar refractivity (Wildman–Crippen MR) is 102 cm³/mol. The van der Waals surface area contributed by atoms with Gasteiger partial charge in [-0.15, -0.1) is 0 Å². The Labute approximate surface area is 158 Å². The fraction of sp³-hybridized carbons (Fsp3) is 0.250. The van der Waals surface area contributed by atoms with Crippen molar-refractivity contribution < 1.29 is 4.79 Å². The van der Waals surface area contributed by atoms with Crippen molar-refractivity contribution in [1.29, 1.82) is 0 Å². The Morgan fingerprint density at radius 3 is 2.65 bits per heavy atom. The van der Waals surface area contributed by atoms with E-state index in [-0.39, 0.29) is 11.9 Å². The summed E-state index contributed by atoms with van der Waals surface area (Å²) in [6, 6.07) is 15.6. The summed E-state index contributed by atoms with van der Waals surface area (Å²) in [6.07, 6.45) is 4.30. The summed E-state index contributed by atoms with van der Waals surface area (Å²) in [5.41, 5.74) is 3.09. The summed E-state index contributed by atoms with van der Waals surface area (Å²) in [7, 11) is 1.84. The van der Waals surface area contributed by atoms with Gasteiger partial charge >= 0.3 is 0 Å². The highest BCUT2D eigenvalue weighted by atomic mass is 35.5. The third-order valence-corrected chi connectivity index (χ3v) is 4.78. The quantitative estimate of drug-likeness (QED) is 0.659. The van der Waals surface area contributed by atoms with Crippen LogP contribution in [0, 0.1) is 0 Å². The van der Waals surface area contributed by atoms with E-state index in [0.717, 1.165) is 16.8 Å². The van der Waals surface area contributed by atoms with Crippen LogP contribution in [0.25, 0.3) is 5.69 Å². The van der Waals surface area contributed by atoms with E-state index in [1.807, 2.05) is 62.5 Å². The number of halogens is 1. The number of hydrogen-bond donors (Lipinski definition) is 0. The lowest BCUT2D eigenvalue weighted by molar-refractivity contribution is -0.131. The first-order chi connectivity index (χ1) is 12.5. The zero-order chi connectivity index (χ0) is 18.5. The molecular weight excluding hydrogens is 348 g/mol. The number of aromatic nitrogens is 3. The highest BCUT2D eigenvalue weighted by Crippen LogP contribution is 2.21. The molecule has 6 heteroatoms. The van der Waals surface area contributed by atoms with Gasteiger partial charge in [0.25, 0.3) is 0 Å². The highest BCUT2D eigenvalue weighted by molar-refractivity contribution is 6.30. The molecule has 0 saturated heterocycles. The summed E-state index contributed by atoms with van der Waals surface area (Å²) in [5.74, 6) is 0.109. The van der Waals surface area contributed by atoms with Gasteiger partial charge in [-0.25, -0.2) is 9.67 Å². The average Bonchev–Trinajstić information content (AvgIpc) is 3.20. The van der Waals surface area contributed by atoms with E-state index in [4.69, 9.17) is 11.6 Å². The van der Waals surface area contributed by atoms with E-state index in [9.17, 15) is 4.79 Å². The SMILES string of the molecule is CC(c1ccc(-n2cncn2)cc1)N(C)C(=O)CCc1cccc(Cl)c1. The molecule has 1 heterocycles. The molecule has 2 aromatic carbocycles. The van der Waals surface area contributed by atoms with Gasteiger partial charge in [0.1, 0.15) is 12.7 Å². The number of nitrogens with zero attached hydrogens (tertiary/aromatic N) is 4. The van der Waals surface area contributed by atoms with Crippen molar-refractivity contribution in [3.63, 3.8) is 0 Å². The fourth-order valence-electron chi connectivity index (χ4n) is 2.81. The standard InChI is InChI=1S/C20H21ClN4O/c1-15(17-7-9-19(10-8-17)25-14-22-13-23-25)24(2)20(26)11-6-16-4-3-5-18(21)12-16/h3-5,7-10,12-15H,6,11H2,1-2H3. The lowest BCUT2D eigenvalue weighted by atomic mass is 10.1. The molecule has 1 amide bonds. The van der Waals surface area contributed by atoms with E-state index in [1.165, 1.54) is 6.33 Å². The van der Waals surface area contributed by atoms with Gasteiger partial charge in [-0.2, -0.15) is 5.10 Å². The zero-order valence-electron chi connectivity index (χ0n) is 14.8. The molecule has 3 aromatic rings. The Kier molecular flexibility index (Phi) is 5.68. The summed E-state index contributed by atoms with van der Waals surface area (Å²) in [4.78, 5) is 18.3. The zero-order valence-corrected chi connectivity index (χ0v) is 15.6. The second-order valence-corrected chi connectivity index (χ2v) is 6.68. The van der Waals surface area contributed by atoms with Crippen LogP contribution in [0.3, 0.4) is 0 Å². The largest absolute Gasteiger partial charge is 0.339 e. The third kappa shape index (κ3) is 4.29. The molecule has 26 heavy (non-hydrogen) atoms. The Balaban J connectivity index is 1.61. The van der Waals surface area contributed by atoms with Gasteiger partial charge in [-0.3, -0.25) is 4.79 Å². The molecule has 0 spiro atoms. The maximum Gasteiger partial charge on any atom is 0.223 e. The van der Waals surface area contributed by atoms with Crippen LogP contribution >= 0.6 is 11.6 Å². The maximum absolute atomic E-state index is 12.5. The van der Waals surface area contributed by atoms with Crippen LogP contribution in [0.2, 0.25) is 5.02 Å². The van der Waals surface area contributed by atoms with Gasteiger partial charge in [0.2, 0.25) is 5.91 Å². The minimum atomic E-state index is -0.00772. The first-order valence-electron chi connectivity index (χ1n) is 8.49. The molecule has 0 N–H and O–H groups in total. The van der Waals surface area contributed by atoms with Crippen molar-refractivity contribution >= 4 is 17.5 Å². The maximum atomic E-state index is 12.5. The van der Waals surface area contributed by atoms with Crippen LogP contribution in [0.5, 0.6) is 0 Å². The van der Waals surface area contributed by atoms with Crippen LogP contribution in [0.4, 0.5) is 0 Å². The topological polar surface area (TPSA) is 51.0 Å². The van der Waals surface area contributed by atoms with Crippen LogP contribution in [0.15, 0.2) is 61.2 Å². The average molecular weight is 369 g/mol. The number of carbonyl (C=O) groups excluding carboxylic acids is 1. The van der Waals surface area contributed by atoms with Crippen molar-refractivity contribution in [3.05, 3.63) is 77.3 Å². The summed E-state index contributed by atoms with van der Waals surface area (Å²) >= 11 is 6.00. The molecule has 1 unspecified atom stereocenters. The minimum absolute atomic E-state index is 0.00772. The molecule has 134 valence electrons. The van der Waals surface area contributed by atoms with Gasteiger partial charge in [0.05, 0.1) is 11.7 Å². The summed E-state index contributed by atoms with van der Waals surface area (Å²) < 4.78 is 1.70. The minimum Gasteiger partial charge on any atom is -0.339 e. The van der Waals surface area contributed by atoms with Crippen molar-refractivity contribution in [1.82, 2.24) is 19.7 Å². The predicted octanol–water partition coefficient (Wildman–Crippen LogP) is 4.07. The first kappa shape index (κ1) is 18.1. The Bertz CT molecular complexity index is 862. The van der Waals surface area contributed by atoms with E-state index in [2.05, 4.69) is 10.1 Å². The normalized spacial score (nSPS) is 12.0. The second kappa shape index (κ2) is 8.15. The molecule has 0 aliphatic carbocycles. The lowest BCUT2D eigenvalue weighted by Crippen LogP contribution is -2.29. The number of hydrogen-bond acceptors (Lipinski definition) is 3. The van der Waals surface area contributed by atoms with Crippen LogP contribution in [-0.2, 0) is 11.2 Å². The van der Waals surface area contributed by atoms with E-state index >= 15 is 0 Å². The van der Waals surface area contributed by atoms with E-state index in [1.54, 1.807) is 15.9 Å². The number of benzene rings is 2. The molecule has 0 aliphatic rings. The molecule has 1 aromatic heterocycles. The van der Waals surface area contributed by atoms with Crippen molar-refractivity contribution in [3.8, 4) is 5.69 Å². The molecule has 1 atom stereocenters. The molecule has 0 radical (unpaired) electrons. The van der Waals surface area contributed by atoms with Gasteiger partial charge in [0, 0.05) is 18.5 Å². The smallest absolute Gasteiger partial charge is 0.223 e. The van der Waals surface area contributed by atoms with Gasteiger partial charge < -0.3 is 4.90 Å². The Morgan fingerprint density at radius 2 is 2.00 bits per heavy atom. The third-order valence-electron chi connectivity index (χ3n) is 4.55. The lowest BCUT2D eigenvalue weighted by Gasteiger charge is -2.25. The van der Waals surface area contributed by atoms with E-state index in [0.29, 0.717) is 17.9 Å². The van der Waals surface area contributed by atoms with Crippen molar-refractivity contribution in [2.75, 3.05) is 7.05 Å². The Morgan fingerprint density at radius 1 is 1.23 bits per heavy atom. The molecule has 0 saturated carbocycles. The monoisotopic (exact) mass is 368 g/mol. The molecule has 5 nitrogen and oxygen atoms in total. The first-order valence-corrected chi connectivity index (χ1v) is 8.87. The van der Waals surface area contributed by atoms with Crippen molar-refractivity contribution in [2.24, 2.45) is 0 Å². The molecule has 0 bridgehead atoms. The fourth-order valence-corrected chi connectivity index (χ4v) is 3.02. The summed E-state index contributed by atoms with van der Waals surface area (Å²) in [6.45, 7) is 2.03. The van der Waals surface area contributed by atoms with Gasteiger partial charge in [0.15, 0.2) is 0 Å². The number of aryl methyl sites for hydroxylation is 1. The van der Waals surface area contributed by atoms with Crippen LogP contribution in [0.1, 0.15) is 30.5 Å². The number of rotatable bonds is 6. The number of amides is 1. The van der Waals surface area contributed by atoms with Crippen LogP contribution < -0.4 is 0 Å². The molecule has 3 rings (SSSR count). The van der Waals surface area contributed by atoms with E-state index < -0.39 is 0 Å². The van der Waals surface area contributed by atoms with Gasteiger partial charge in [-0.05, 0) is 48.7 Å². The number of carbonyl (C=O) groups is 1.